The maximum Gasteiger partial charge on any atom is 0.265 e. The summed E-state index contributed by atoms with van der Waals surface area (Å²) in [6.07, 6.45) is 0. The Kier molecular flexibility index (Phi) is 6.07. The van der Waals surface area contributed by atoms with Gasteiger partial charge in [-0.15, -0.1) is 0 Å². The molecule has 164 valence electrons. The van der Waals surface area contributed by atoms with Gasteiger partial charge >= 0.3 is 0 Å². The third-order valence-corrected chi connectivity index (χ3v) is 5.20. The van der Waals surface area contributed by atoms with Crippen molar-refractivity contribution >= 4 is 23.2 Å². The number of ether oxygens (including phenoxy) is 2. The molecule has 0 saturated carbocycles. The van der Waals surface area contributed by atoms with E-state index >= 15 is 0 Å². The van der Waals surface area contributed by atoms with E-state index in [4.69, 9.17) is 9.47 Å². The molecule has 2 amide bonds. The second-order valence-electron chi connectivity index (χ2n) is 7.64. The molecule has 6 nitrogen and oxygen atoms in total. The topological polar surface area (TPSA) is 67.9 Å². The number of aryl methyl sites for hydroxylation is 2. The van der Waals surface area contributed by atoms with Crippen molar-refractivity contribution in [2.45, 2.75) is 20.4 Å². The fourth-order valence-corrected chi connectivity index (χ4v) is 3.59. The number of nitrogens with zero attached hydrogens (tertiary/aromatic N) is 1. The molecule has 1 aliphatic heterocycles. The quantitative estimate of drug-likeness (QED) is 0.625. The molecule has 3 aromatic carbocycles. The van der Waals surface area contributed by atoms with Crippen LogP contribution in [0.25, 0.3) is 0 Å². The standard InChI is InChI=1S/C25H23FN2O4/c1-16-4-3-5-17(2)25(16)32-14-23(29)27-20-10-11-22-21(12-20)28(24(30)15-31-22)13-18-6-8-19(26)9-7-18/h3-12H,13-15H2,1-2H3,(H,27,29). The van der Waals surface area contributed by atoms with Crippen molar-refractivity contribution in [3.05, 3.63) is 83.2 Å². The maximum atomic E-state index is 13.2. The van der Waals surface area contributed by atoms with Crippen LogP contribution in [0.2, 0.25) is 0 Å². The van der Waals surface area contributed by atoms with Crippen LogP contribution < -0.4 is 19.7 Å². The number of anilines is 2. The fraction of sp³-hybridized carbons (Fsp3) is 0.200. The molecule has 0 spiro atoms. The Hall–Kier alpha value is -3.87. The summed E-state index contributed by atoms with van der Waals surface area (Å²) < 4.78 is 24.5. The first-order valence-electron chi connectivity index (χ1n) is 10.2. The number of rotatable bonds is 6. The second-order valence-corrected chi connectivity index (χ2v) is 7.64. The van der Waals surface area contributed by atoms with E-state index in [1.807, 2.05) is 32.0 Å². The summed E-state index contributed by atoms with van der Waals surface area (Å²) in [5, 5.41) is 2.80. The number of halogens is 1. The van der Waals surface area contributed by atoms with Crippen molar-refractivity contribution in [3.63, 3.8) is 0 Å². The first kappa shape index (κ1) is 21.4. The average Bonchev–Trinajstić information content (AvgIpc) is 2.77. The molecular formula is C25H23FN2O4. The van der Waals surface area contributed by atoms with Crippen LogP contribution in [0.4, 0.5) is 15.8 Å². The van der Waals surface area contributed by atoms with Crippen LogP contribution in [0.1, 0.15) is 16.7 Å². The Morgan fingerprint density at radius 3 is 2.53 bits per heavy atom. The van der Waals surface area contributed by atoms with E-state index in [1.54, 1.807) is 35.2 Å². The van der Waals surface area contributed by atoms with Crippen molar-refractivity contribution in [2.24, 2.45) is 0 Å². The molecule has 7 heteroatoms. The first-order valence-corrected chi connectivity index (χ1v) is 10.2. The molecule has 0 unspecified atom stereocenters. The first-order chi connectivity index (χ1) is 15.4. The number of benzene rings is 3. The van der Waals surface area contributed by atoms with Gasteiger partial charge in [0, 0.05) is 5.69 Å². The van der Waals surface area contributed by atoms with Crippen molar-refractivity contribution in [2.75, 3.05) is 23.4 Å². The molecule has 1 heterocycles. The molecule has 4 rings (SSSR count). The minimum absolute atomic E-state index is 0.0798. The maximum absolute atomic E-state index is 13.2. The smallest absolute Gasteiger partial charge is 0.265 e. The van der Waals surface area contributed by atoms with Gasteiger partial charge in [-0.25, -0.2) is 4.39 Å². The second kappa shape index (κ2) is 9.09. The fourth-order valence-electron chi connectivity index (χ4n) is 3.59. The van der Waals surface area contributed by atoms with Gasteiger partial charge in [0.15, 0.2) is 13.2 Å². The molecule has 1 aliphatic rings. The zero-order chi connectivity index (χ0) is 22.7. The van der Waals surface area contributed by atoms with Gasteiger partial charge in [0.2, 0.25) is 0 Å². The molecule has 0 atom stereocenters. The van der Waals surface area contributed by atoms with E-state index < -0.39 is 0 Å². The third kappa shape index (κ3) is 4.72. The predicted octanol–water partition coefficient (Wildman–Crippen LogP) is 4.39. The zero-order valence-corrected chi connectivity index (χ0v) is 17.9. The number of amides is 2. The van der Waals surface area contributed by atoms with E-state index in [1.165, 1.54) is 12.1 Å². The molecule has 1 N–H and O–H groups in total. The van der Waals surface area contributed by atoms with E-state index in [-0.39, 0.29) is 37.4 Å². The van der Waals surface area contributed by atoms with Gasteiger partial charge in [-0.3, -0.25) is 9.59 Å². The Labute approximate surface area is 185 Å². The summed E-state index contributed by atoms with van der Waals surface area (Å²) >= 11 is 0. The summed E-state index contributed by atoms with van der Waals surface area (Å²) in [5.41, 5.74) is 3.75. The molecular weight excluding hydrogens is 411 g/mol. The van der Waals surface area contributed by atoms with Crippen LogP contribution in [0.15, 0.2) is 60.7 Å². The lowest BCUT2D eigenvalue weighted by Crippen LogP contribution is -2.38. The Morgan fingerprint density at radius 2 is 1.81 bits per heavy atom. The van der Waals surface area contributed by atoms with Crippen LogP contribution in [-0.4, -0.2) is 25.0 Å². The Bertz CT molecular complexity index is 1140. The number of carbonyl (C=O) groups excluding carboxylic acids is 2. The number of hydrogen-bond donors (Lipinski definition) is 1. The Balaban J connectivity index is 1.48. The molecule has 0 saturated heterocycles. The largest absolute Gasteiger partial charge is 0.483 e. The minimum Gasteiger partial charge on any atom is -0.483 e. The molecule has 0 radical (unpaired) electrons. The van der Waals surface area contributed by atoms with E-state index in [0.717, 1.165) is 16.7 Å². The SMILES string of the molecule is Cc1cccc(C)c1OCC(=O)Nc1ccc2c(c1)N(Cc1ccc(F)cc1)C(=O)CO2. The van der Waals surface area contributed by atoms with Crippen molar-refractivity contribution in [1.82, 2.24) is 0 Å². The van der Waals surface area contributed by atoms with Crippen LogP contribution in [0, 0.1) is 19.7 Å². The van der Waals surface area contributed by atoms with Gasteiger partial charge in [-0.1, -0.05) is 30.3 Å². The highest BCUT2D eigenvalue weighted by Crippen LogP contribution is 2.35. The predicted molar refractivity (Wildman–Crippen MR) is 120 cm³/mol. The highest BCUT2D eigenvalue weighted by Gasteiger charge is 2.26. The van der Waals surface area contributed by atoms with E-state index in [2.05, 4.69) is 5.32 Å². The zero-order valence-electron chi connectivity index (χ0n) is 17.9. The summed E-state index contributed by atoms with van der Waals surface area (Å²) in [7, 11) is 0. The lowest BCUT2D eigenvalue weighted by Gasteiger charge is -2.30. The minimum atomic E-state index is -0.337. The van der Waals surface area contributed by atoms with Crippen LogP contribution in [-0.2, 0) is 16.1 Å². The highest BCUT2D eigenvalue weighted by atomic mass is 19.1. The van der Waals surface area contributed by atoms with Crippen molar-refractivity contribution < 1.29 is 23.5 Å². The number of nitrogens with one attached hydrogen (secondary N) is 1. The van der Waals surface area contributed by atoms with Gasteiger partial charge in [-0.2, -0.15) is 0 Å². The Morgan fingerprint density at radius 1 is 1.09 bits per heavy atom. The molecule has 3 aromatic rings. The number of fused-ring (bicyclic) bond motifs is 1. The van der Waals surface area contributed by atoms with Gasteiger partial charge < -0.3 is 19.7 Å². The molecule has 0 aromatic heterocycles. The van der Waals surface area contributed by atoms with Crippen LogP contribution in [0.5, 0.6) is 11.5 Å². The summed E-state index contributed by atoms with van der Waals surface area (Å²) in [6.45, 7) is 3.90. The summed E-state index contributed by atoms with van der Waals surface area (Å²) in [6, 6.07) is 16.9. The van der Waals surface area contributed by atoms with Gasteiger partial charge in [0.1, 0.15) is 17.3 Å². The summed E-state index contributed by atoms with van der Waals surface area (Å²) in [5.74, 6) is 0.356. The molecule has 0 bridgehead atoms. The highest BCUT2D eigenvalue weighted by molar-refractivity contribution is 5.99. The van der Waals surface area contributed by atoms with Gasteiger partial charge in [0.25, 0.3) is 11.8 Å². The van der Waals surface area contributed by atoms with E-state index in [9.17, 15) is 14.0 Å². The normalized spacial score (nSPS) is 12.7. The van der Waals surface area contributed by atoms with Gasteiger partial charge in [-0.05, 0) is 60.9 Å². The average molecular weight is 434 g/mol. The monoisotopic (exact) mass is 434 g/mol. The van der Waals surface area contributed by atoms with Crippen LogP contribution in [0.3, 0.4) is 0 Å². The van der Waals surface area contributed by atoms with Gasteiger partial charge in [0.05, 0.1) is 12.2 Å². The molecule has 0 aliphatic carbocycles. The molecule has 0 fully saturated rings. The van der Waals surface area contributed by atoms with Crippen molar-refractivity contribution in [3.8, 4) is 11.5 Å². The third-order valence-electron chi connectivity index (χ3n) is 5.20. The van der Waals surface area contributed by atoms with E-state index in [0.29, 0.717) is 22.9 Å². The number of carbonyl (C=O) groups is 2. The van der Waals surface area contributed by atoms with Crippen LogP contribution >= 0.6 is 0 Å². The van der Waals surface area contributed by atoms with Crippen molar-refractivity contribution in [1.29, 1.82) is 0 Å². The lowest BCUT2D eigenvalue weighted by atomic mass is 10.1. The molecule has 32 heavy (non-hydrogen) atoms. The lowest BCUT2D eigenvalue weighted by molar-refractivity contribution is -0.121. The summed E-state index contributed by atoms with van der Waals surface area (Å²) in [4.78, 5) is 26.5. The number of para-hydroxylation sites is 1. The number of hydrogen-bond acceptors (Lipinski definition) is 4.